The van der Waals surface area contributed by atoms with Crippen LogP contribution in [0.3, 0.4) is 0 Å². The number of hydrogen-bond donors (Lipinski definition) is 5. The summed E-state index contributed by atoms with van der Waals surface area (Å²) >= 11 is 0. The molecule has 47 heavy (non-hydrogen) atoms. The van der Waals surface area contributed by atoms with E-state index in [2.05, 4.69) is 0 Å². The summed E-state index contributed by atoms with van der Waals surface area (Å²) < 4.78 is 23.7. The molecule has 1 fully saturated rings. The lowest BCUT2D eigenvalue weighted by Gasteiger charge is -2.43. The number of ether oxygens (including phenoxy) is 4. The molecule has 3 aromatic rings. The summed E-state index contributed by atoms with van der Waals surface area (Å²) in [5, 5.41) is 44.3. The number of halogens is 1. The number of hydrogen-bond acceptors (Lipinski definition) is 12. The van der Waals surface area contributed by atoms with Gasteiger partial charge in [-0.05, 0) is 18.6 Å². The van der Waals surface area contributed by atoms with E-state index in [4.69, 9.17) is 24.7 Å². The van der Waals surface area contributed by atoms with Crippen LogP contribution >= 0.6 is 12.4 Å². The van der Waals surface area contributed by atoms with Gasteiger partial charge < -0.3 is 45.1 Å². The van der Waals surface area contributed by atoms with Gasteiger partial charge in [0.15, 0.2) is 17.9 Å². The van der Waals surface area contributed by atoms with E-state index in [1.807, 2.05) is 30.3 Å². The number of phenolic OH excluding ortho intramolecular Hbond substituents is 2. The molecule has 3 aliphatic rings. The van der Waals surface area contributed by atoms with Crippen molar-refractivity contribution in [1.82, 2.24) is 0 Å². The van der Waals surface area contributed by atoms with E-state index >= 15 is 0 Å². The number of Topliss-reactive ketones (excluding diaryl/α,β-unsaturated/α-hetero) is 1. The van der Waals surface area contributed by atoms with Gasteiger partial charge in [0.1, 0.15) is 29.5 Å². The molecule has 13 heteroatoms. The number of phenols is 2. The lowest BCUT2D eigenvalue weighted by atomic mass is 9.72. The highest BCUT2D eigenvalue weighted by atomic mass is 35.5. The van der Waals surface area contributed by atoms with E-state index in [0.717, 1.165) is 5.56 Å². The third-order valence-electron chi connectivity index (χ3n) is 9.06. The molecule has 0 amide bonds. The second-order valence-electron chi connectivity index (χ2n) is 11.9. The SMILES string of the molecule is COc1cccc2c1C(=O)c1c(O)c3c(c(O)c1C2=O)C[C@@](O)(C(=O)CO)C[C@@H]3O[C@H]1C[C@H](N)[C@H](OCc2ccccc2)[C@H](C)O1.Cl. The topological polar surface area (TPSA) is 195 Å². The van der Waals surface area contributed by atoms with Crippen LogP contribution in [0.1, 0.15) is 74.4 Å². The Labute approximate surface area is 276 Å². The molecule has 0 bridgehead atoms. The molecular formula is C34H36ClNO11. The molecule has 1 saturated heterocycles. The highest BCUT2D eigenvalue weighted by Gasteiger charge is 2.50. The molecule has 250 valence electrons. The number of fused-ring (bicyclic) bond motifs is 3. The number of methoxy groups -OCH3 is 1. The van der Waals surface area contributed by atoms with Crippen LogP contribution in [0.15, 0.2) is 48.5 Å². The molecule has 2 aliphatic carbocycles. The maximum Gasteiger partial charge on any atom is 0.202 e. The van der Waals surface area contributed by atoms with Crippen molar-refractivity contribution in [1.29, 1.82) is 0 Å². The van der Waals surface area contributed by atoms with E-state index in [0.29, 0.717) is 6.61 Å². The molecular weight excluding hydrogens is 634 g/mol. The highest BCUT2D eigenvalue weighted by molar-refractivity contribution is 6.31. The number of nitrogens with two attached hydrogens (primary N) is 1. The first-order valence-corrected chi connectivity index (χ1v) is 14.9. The van der Waals surface area contributed by atoms with Crippen LogP contribution in [0.2, 0.25) is 0 Å². The van der Waals surface area contributed by atoms with Crippen molar-refractivity contribution in [3.8, 4) is 17.2 Å². The minimum Gasteiger partial charge on any atom is -0.507 e. The first-order valence-electron chi connectivity index (χ1n) is 14.9. The Bertz CT molecular complexity index is 1700. The predicted molar refractivity (Wildman–Crippen MR) is 168 cm³/mol. The Hall–Kier alpha value is -3.88. The number of carbonyl (C=O) groups is 3. The Morgan fingerprint density at radius 3 is 2.38 bits per heavy atom. The normalized spacial score (nSPS) is 26.4. The van der Waals surface area contributed by atoms with Crippen LogP contribution in [0.4, 0.5) is 0 Å². The van der Waals surface area contributed by atoms with Gasteiger partial charge >= 0.3 is 0 Å². The predicted octanol–water partition coefficient (Wildman–Crippen LogP) is 2.65. The van der Waals surface area contributed by atoms with E-state index < -0.39 is 95.7 Å². The van der Waals surface area contributed by atoms with Crippen molar-refractivity contribution in [2.75, 3.05) is 13.7 Å². The van der Waals surface area contributed by atoms with Crippen LogP contribution in [0.5, 0.6) is 17.2 Å². The standard InChI is InChI=1S/C34H35NO11.ClH/c1-16-33(44-15-17-7-4-3-5-8-17)20(35)11-24(45-16)46-22-13-34(42,23(37)14-36)12-19-26(22)32(41)28-27(30(19)39)29(38)18-9-6-10-21(43-2)25(18)31(28)40;/h3-10,16,20,22,24,33,36,39,41-42H,11-15,35H2,1-2H3;1H/t16-,20-,22-,24-,33+,34-;/m0./s1. The third-order valence-corrected chi connectivity index (χ3v) is 9.06. The van der Waals surface area contributed by atoms with Crippen LogP contribution in [-0.4, -0.2) is 81.6 Å². The van der Waals surface area contributed by atoms with Gasteiger partial charge in [0.25, 0.3) is 0 Å². The number of benzene rings is 3. The van der Waals surface area contributed by atoms with Crippen LogP contribution in [-0.2, 0) is 32.0 Å². The average Bonchev–Trinajstić information content (AvgIpc) is 3.04. The number of aromatic hydroxyl groups is 2. The maximum atomic E-state index is 13.8. The molecule has 1 heterocycles. The molecule has 0 unspecified atom stereocenters. The largest absolute Gasteiger partial charge is 0.507 e. The quantitative estimate of drug-likeness (QED) is 0.172. The summed E-state index contributed by atoms with van der Waals surface area (Å²) in [6.45, 7) is 1.06. The van der Waals surface area contributed by atoms with Gasteiger partial charge in [0, 0.05) is 42.0 Å². The second-order valence-corrected chi connectivity index (χ2v) is 11.9. The minimum absolute atomic E-state index is 0. The van der Waals surface area contributed by atoms with Gasteiger partial charge in [0.05, 0.1) is 48.7 Å². The molecule has 1 aliphatic heterocycles. The maximum absolute atomic E-state index is 13.8. The highest BCUT2D eigenvalue weighted by Crippen LogP contribution is 2.52. The molecule has 3 aromatic carbocycles. The number of ketones is 3. The average molecular weight is 670 g/mol. The molecule has 0 saturated carbocycles. The Kier molecular flexibility index (Phi) is 9.76. The Morgan fingerprint density at radius 1 is 1.02 bits per heavy atom. The van der Waals surface area contributed by atoms with Gasteiger partial charge in [0.2, 0.25) is 5.78 Å². The molecule has 6 N–H and O–H groups in total. The monoisotopic (exact) mass is 669 g/mol. The minimum atomic E-state index is -2.24. The second kappa shape index (κ2) is 13.3. The summed E-state index contributed by atoms with van der Waals surface area (Å²) in [5.74, 6) is -3.68. The van der Waals surface area contributed by atoms with Crippen molar-refractivity contribution >= 4 is 29.8 Å². The van der Waals surface area contributed by atoms with Gasteiger partial charge in [-0.3, -0.25) is 14.4 Å². The van der Waals surface area contributed by atoms with Crippen molar-refractivity contribution in [3.05, 3.63) is 87.5 Å². The molecule has 12 nitrogen and oxygen atoms in total. The van der Waals surface area contributed by atoms with Crippen LogP contribution in [0.25, 0.3) is 0 Å². The fourth-order valence-corrected chi connectivity index (χ4v) is 6.77. The van der Waals surface area contributed by atoms with Gasteiger partial charge in [-0.15, -0.1) is 12.4 Å². The molecule has 6 atom stereocenters. The summed E-state index contributed by atoms with van der Waals surface area (Å²) in [7, 11) is 1.34. The van der Waals surface area contributed by atoms with E-state index in [9.17, 15) is 34.8 Å². The van der Waals surface area contributed by atoms with Gasteiger partial charge in [-0.2, -0.15) is 0 Å². The smallest absolute Gasteiger partial charge is 0.202 e. The van der Waals surface area contributed by atoms with E-state index in [1.165, 1.54) is 25.3 Å². The number of aliphatic hydroxyl groups excluding tert-OH is 1. The lowest BCUT2D eigenvalue weighted by Crippen LogP contribution is -2.54. The van der Waals surface area contributed by atoms with Crippen molar-refractivity contribution in [3.63, 3.8) is 0 Å². The van der Waals surface area contributed by atoms with E-state index in [-0.39, 0.29) is 46.8 Å². The lowest BCUT2D eigenvalue weighted by molar-refractivity contribution is -0.254. The summed E-state index contributed by atoms with van der Waals surface area (Å²) in [4.78, 5) is 40.3. The van der Waals surface area contributed by atoms with Crippen molar-refractivity contribution in [2.24, 2.45) is 5.73 Å². The molecule has 0 aromatic heterocycles. The van der Waals surface area contributed by atoms with Gasteiger partial charge in [-0.1, -0.05) is 42.5 Å². The van der Waals surface area contributed by atoms with E-state index in [1.54, 1.807) is 6.92 Å². The first-order chi connectivity index (χ1) is 22.0. The van der Waals surface area contributed by atoms with Crippen LogP contribution in [0, 0.1) is 0 Å². The summed E-state index contributed by atoms with van der Waals surface area (Å²) in [6.07, 6.45) is -4.26. The summed E-state index contributed by atoms with van der Waals surface area (Å²) in [6, 6.07) is 13.4. The number of aliphatic hydroxyl groups is 2. The Morgan fingerprint density at radius 2 is 1.72 bits per heavy atom. The van der Waals surface area contributed by atoms with Crippen molar-refractivity contribution in [2.45, 2.75) is 69.0 Å². The summed E-state index contributed by atoms with van der Waals surface area (Å²) in [5.41, 5.74) is 3.93. The zero-order valence-corrected chi connectivity index (χ0v) is 26.5. The molecule has 0 radical (unpaired) electrons. The first kappa shape index (κ1) is 34.5. The molecule has 0 spiro atoms. The van der Waals surface area contributed by atoms with Gasteiger partial charge in [-0.25, -0.2) is 0 Å². The molecule has 6 rings (SSSR count). The third kappa shape index (κ3) is 5.91. The Balaban J connectivity index is 0.00000433. The van der Waals surface area contributed by atoms with Crippen molar-refractivity contribution < 1.29 is 53.8 Å². The zero-order valence-electron chi connectivity index (χ0n) is 25.7. The fraction of sp³-hybridized carbons (Fsp3) is 0.382. The number of carbonyl (C=O) groups excluding carboxylic acids is 3. The zero-order chi connectivity index (χ0) is 32.9. The number of rotatable bonds is 8. The van der Waals surface area contributed by atoms with Crippen LogP contribution < -0.4 is 10.5 Å². The fourth-order valence-electron chi connectivity index (χ4n) is 6.77.